The smallest absolute Gasteiger partial charge is 0.191 e. The van der Waals surface area contributed by atoms with Gasteiger partial charge < -0.3 is 10.6 Å². The summed E-state index contributed by atoms with van der Waals surface area (Å²) in [7, 11) is 0. The minimum atomic E-state index is 0.585. The number of hydrogen-bond donors (Lipinski definition) is 2. The third-order valence-corrected chi connectivity index (χ3v) is 4.97. The van der Waals surface area contributed by atoms with Crippen LogP contribution >= 0.6 is 11.3 Å². The monoisotopic (exact) mass is 353 g/mol. The zero-order valence-electron chi connectivity index (χ0n) is 14.6. The summed E-state index contributed by atoms with van der Waals surface area (Å²) in [4.78, 5) is 14.9. The quantitative estimate of drug-likeness (QED) is 0.526. The van der Waals surface area contributed by atoms with Crippen molar-refractivity contribution in [3.63, 3.8) is 0 Å². The Labute approximate surface area is 152 Å². The lowest BCUT2D eigenvalue weighted by atomic mass is 10.1. The molecule has 0 saturated heterocycles. The molecule has 0 fully saturated rings. The first-order valence-electron chi connectivity index (χ1n) is 8.58. The minimum absolute atomic E-state index is 0.585. The molecule has 0 atom stereocenters. The van der Waals surface area contributed by atoms with Crippen molar-refractivity contribution in [3.05, 3.63) is 58.2 Å². The molecular weight excluding hydrogens is 330 g/mol. The van der Waals surface area contributed by atoms with Crippen molar-refractivity contribution in [1.82, 2.24) is 20.6 Å². The molecule has 0 unspecified atom stereocenters. The third kappa shape index (κ3) is 4.54. The molecule has 130 valence electrons. The first kappa shape index (κ1) is 17.4. The molecule has 0 aliphatic carbocycles. The first-order chi connectivity index (χ1) is 12.3. The molecule has 0 bridgehead atoms. The van der Waals surface area contributed by atoms with E-state index in [9.17, 15) is 0 Å². The minimum Gasteiger partial charge on any atom is -0.357 e. The fourth-order valence-corrected chi connectivity index (χ4v) is 3.36. The highest BCUT2D eigenvalue weighted by Gasteiger charge is 2.04. The largest absolute Gasteiger partial charge is 0.357 e. The van der Waals surface area contributed by atoms with Gasteiger partial charge in [-0.25, -0.2) is 9.98 Å². The zero-order valence-corrected chi connectivity index (χ0v) is 15.4. The van der Waals surface area contributed by atoms with E-state index >= 15 is 0 Å². The van der Waals surface area contributed by atoms with Crippen molar-refractivity contribution in [3.8, 4) is 0 Å². The number of rotatable bonds is 6. The van der Waals surface area contributed by atoms with Crippen LogP contribution in [0.2, 0.25) is 0 Å². The number of guanidine groups is 1. The topological polar surface area (TPSA) is 62.2 Å². The molecule has 0 saturated carbocycles. The molecule has 6 heteroatoms. The molecule has 3 aromatic rings. The van der Waals surface area contributed by atoms with Crippen molar-refractivity contribution < 1.29 is 0 Å². The molecule has 25 heavy (non-hydrogen) atoms. The van der Waals surface area contributed by atoms with Crippen molar-refractivity contribution in [2.24, 2.45) is 4.99 Å². The number of aromatic nitrogens is 2. The molecule has 2 heterocycles. The number of hydrogen-bond acceptors (Lipinski definition) is 4. The Bertz CT molecular complexity index is 850. The number of para-hydroxylation sites is 1. The molecule has 0 radical (unpaired) electrons. The molecule has 3 rings (SSSR count). The van der Waals surface area contributed by atoms with Crippen molar-refractivity contribution in [2.75, 3.05) is 6.54 Å². The summed E-state index contributed by atoms with van der Waals surface area (Å²) in [6.45, 7) is 6.30. The predicted molar refractivity (Wildman–Crippen MR) is 105 cm³/mol. The van der Waals surface area contributed by atoms with Crippen LogP contribution < -0.4 is 10.6 Å². The lowest BCUT2D eigenvalue weighted by Crippen LogP contribution is -2.36. The van der Waals surface area contributed by atoms with E-state index in [0.29, 0.717) is 13.1 Å². The molecule has 1 aromatic carbocycles. The van der Waals surface area contributed by atoms with Gasteiger partial charge >= 0.3 is 0 Å². The molecule has 0 amide bonds. The summed E-state index contributed by atoms with van der Waals surface area (Å²) >= 11 is 1.74. The number of nitrogens with one attached hydrogen (secondary N) is 2. The second kappa shape index (κ2) is 8.58. The van der Waals surface area contributed by atoms with Gasteiger partial charge in [0.15, 0.2) is 5.96 Å². The number of aryl methyl sites for hydroxylation is 1. The summed E-state index contributed by atoms with van der Waals surface area (Å²) in [5, 5.41) is 8.87. The van der Waals surface area contributed by atoms with Gasteiger partial charge in [-0.3, -0.25) is 4.98 Å². The number of pyridine rings is 1. The normalized spacial score (nSPS) is 11.7. The van der Waals surface area contributed by atoms with Gasteiger partial charge in [-0.2, -0.15) is 0 Å². The van der Waals surface area contributed by atoms with E-state index in [1.165, 1.54) is 4.88 Å². The maximum absolute atomic E-state index is 4.71. The molecule has 0 spiro atoms. The Kier molecular flexibility index (Phi) is 5.95. The molecule has 5 nitrogen and oxygen atoms in total. The zero-order chi connectivity index (χ0) is 17.5. The first-order valence-corrected chi connectivity index (χ1v) is 9.40. The van der Waals surface area contributed by atoms with E-state index in [1.807, 2.05) is 18.5 Å². The van der Waals surface area contributed by atoms with Gasteiger partial charge in [0, 0.05) is 29.2 Å². The third-order valence-electron chi connectivity index (χ3n) is 3.82. The maximum Gasteiger partial charge on any atom is 0.191 e. The average molecular weight is 353 g/mol. The predicted octanol–water partition coefficient (Wildman–Crippen LogP) is 3.51. The van der Waals surface area contributed by atoms with E-state index in [2.05, 4.69) is 58.7 Å². The van der Waals surface area contributed by atoms with Crippen molar-refractivity contribution >= 4 is 28.2 Å². The molecule has 0 aliphatic rings. The standard InChI is InChI=1S/C19H23N5S/c1-3-16-12-22-17(25-16)13-24-19(20-4-2)23-11-15-8-5-7-14-9-6-10-21-18(14)15/h5-10,12H,3-4,11,13H2,1-2H3,(H2,20,23,24). The summed E-state index contributed by atoms with van der Waals surface area (Å²) < 4.78 is 0. The Morgan fingerprint density at radius 2 is 2.00 bits per heavy atom. The van der Waals surface area contributed by atoms with Crippen LogP contribution in [0.4, 0.5) is 0 Å². The summed E-state index contributed by atoms with van der Waals surface area (Å²) in [5.41, 5.74) is 2.13. The lowest BCUT2D eigenvalue weighted by Gasteiger charge is -2.10. The van der Waals surface area contributed by atoms with Gasteiger partial charge in [0.2, 0.25) is 0 Å². The van der Waals surface area contributed by atoms with Crippen LogP contribution in [0.15, 0.2) is 47.7 Å². The van der Waals surface area contributed by atoms with E-state index in [4.69, 9.17) is 4.99 Å². The number of nitrogens with zero attached hydrogens (tertiary/aromatic N) is 3. The van der Waals surface area contributed by atoms with E-state index in [0.717, 1.165) is 40.4 Å². The SMILES string of the molecule is CCNC(=NCc1cccc2cccnc12)NCc1ncc(CC)s1. The number of fused-ring (bicyclic) bond motifs is 1. The van der Waals surface area contributed by atoms with E-state index in [-0.39, 0.29) is 0 Å². The highest BCUT2D eigenvalue weighted by atomic mass is 32.1. The number of thiazole rings is 1. The Morgan fingerprint density at radius 3 is 2.80 bits per heavy atom. The molecule has 2 aromatic heterocycles. The fourth-order valence-electron chi connectivity index (χ4n) is 2.55. The van der Waals surface area contributed by atoms with Gasteiger partial charge in [-0.15, -0.1) is 11.3 Å². The van der Waals surface area contributed by atoms with E-state index in [1.54, 1.807) is 11.3 Å². The van der Waals surface area contributed by atoms with Gasteiger partial charge in [-0.1, -0.05) is 31.2 Å². The van der Waals surface area contributed by atoms with Crippen molar-refractivity contribution in [1.29, 1.82) is 0 Å². The lowest BCUT2D eigenvalue weighted by molar-refractivity contribution is 0.812. The Hall–Kier alpha value is -2.47. The van der Waals surface area contributed by atoms with Gasteiger partial charge in [-0.05, 0) is 25.0 Å². The number of benzene rings is 1. The van der Waals surface area contributed by atoms with Gasteiger partial charge in [0.1, 0.15) is 5.01 Å². The summed E-state index contributed by atoms with van der Waals surface area (Å²) in [6, 6.07) is 10.2. The Morgan fingerprint density at radius 1 is 1.12 bits per heavy atom. The van der Waals surface area contributed by atoms with Crippen molar-refractivity contribution in [2.45, 2.75) is 33.4 Å². The highest BCUT2D eigenvalue weighted by molar-refractivity contribution is 7.11. The van der Waals surface area contributed by atoms with Crippen LogP contribution in [0.3, 0.4) is 0 Å². The second-order valence-corrected chi connectivity index (χ2v) is 6.81. The van der Waals surface area contributed by atoms with Gasteiger partial charge in [0.05, 0.1) is 18.6 Å². The van der Waals surface area contributed by atoms with Gasteiger partial charge in [0.25, 0.3) is 0 Å². The van der Waals surface area contributed by atoms with Crippen LogP contribution in [0.5, 0.6) is 0 Å². The van der Waals surface area contributed by atoms with Crippen LogP contribution in [-0.2, 0) is 19.5 Å². The van der Waals surface area contributed by atoms with Crippen LogP contribution in [-0.4, -0.2) is 22.5 Å². The molecular formula is C19H23N5S. The van der Waals surface area contributed by atoms with E-state index < -0.39 is 0 Å². The molecule has 0 aliphatic heterocycles. The second-order valence-electron chi connectivity index (χ2n) is 5.61. The highest BCUT2D eigenvalue weighted by Crippen LogP contribution is 2.16. The summed E-state index contributed by atoms with van der Waals surface area (Å²) in [6.07, 6.45) is 4.81. The summed E-state index contributed by atoms with van der Waals surface area (Å²) in [5.74, 6) is 0.795. The Balaban J connectivity index is 1.70. The molecule has 2 N–H and O–H groups in total. The fraction of sp³-hybridized carbons (Fsp3) is 0.316. The van der Waals surface area contributed by atoms with Crippen LogP contribution in [0.1, 0.15) is 29.3 Å². The maximum atomic E-state index is 4.71. The van der Waals surface area contributed by atoms with Crippen LogP contribution in [0, 0.1) is 0 Å². The average Bonchev–Trinajstić information content (AvgIpc) is 3.12. The van der Waals surface area contributed by atoms with Crippen LogP contribution in [0.25, 0.3) is 10.9 Å². The number of aliphatic imine (C=N–C) groups is 1.